The minimum Gasteiger partial charge on any atom is -0.444 e. The van der Waals surface area contributed by atoms with E-state index in [0.717, 1.165) is 6.42 Å². The molecule has 0 unspecified atom stereocenters. The fourth-order valence-corrected chi connectivity index (χ4v) is 4.26. The van der Waals surface area contributed by atoms with Crippen molar-refractivity contribution in [3.05, 3.63) is 23.8 Å². The lowest BCUT2D eigenvalue weighted by Crippen LogP contribution is -2.37. The molecule has 140 valence electrons. The summed E-state index contributed by atoms with van der Waals surface area (Å²) in [5.41, 5.74) is 6.36. The van der Waals surface area contributed by atoms with Gasteiger partial charge in [-0.15, -0.1) is 0 Å². The SMILES string of the molecule is CC(C)S(=O)(=O)c1ccc(N)cc1[C@@H]1CCCN1C(=O)OC(C)(C)C. The normalized spacial score (nSPS) is 18.6. The maximum atomic E-state index is 12.8. The number of anilines is 1. The molecular formula is C18H28N2O4S. The van der Waals surface area contributed by atoms with Gasteiger partial charge in [-0.25, -0.2) is 13.2 Å². The quantitative estimate of drug-likeness (QED) is 0.825. The summed E-state index contributed by atoms with van der Waals surface area (Å²) < 4.78 is 31.0. The van der Waals surface area contributed by atoms with Crippen LogP contribution in [0.25, 0.3) is 0 Å². The summed E-state index contributed by atoms with van der Waals surface area (Å²) in [5.74, 6) is 0. The second-order valence-electron chi connectivity index (χ2n) is 7.72. The van der Waals surface area contributed by atoms with Crippen molar-refractivity contribution in [1.82, 2.24) is 4.90 Å². The van der Waals surface area contributed by atoms with E-state index in [0.29, 0.717) is 24.2 Å². The van der Waals surface area contributed by atoms with E-state index >= 15 is 0 Å². The van der Waals surface area contributed by atoms with Crippen LogP contribution in [0.15, 0.2) is 23.1 Å². The number of nitrogens with two attached hydrogens (primary N) is 1. The van der Waals surface area contributed by atoms with E-state index in [-0.39, 0.29) is 10.9 Å². The van der Waals surface area contributed by atoms with Crippen LogP contribution in [0.1, 0.15) is 59.1 Å². The highest BCUT2D eigenvalue weighted by Gasteiger charge is 2.36. The molecule has 2 rings (SSSR count). The zero-order chi connectivity index (χ0) is 19.0. The van der Waals surface area contributed by atoms with Crippen LogP contribution in [0.4, 0.5) is 10.5 Å². The van der Waals surface area contributed by atoms with Gasteiger partial charge in [-0.3, -0.25) is 0 Å². The van der Waals surface area contributed by atoms with Gasteiger partial charge in [0.05, 0.1) is 16.2 Å². The van der Waals surface area contributed by atoms with Gasteiger partial charge < -0.3 is 15.4 Å². The van der Waals surface area contributed by atoms with Crippen molar-refractivity contribution in [2.45, 2.75) is 69.2 Å². The Morgan fingerprint density at radius 1 is 1.32 bits per heavy atom. The summed E-state index contributed by atoms with van der Waals surface area (Å²) in [6, 6.07) is 4.46. The summed E-state index contributed by atoms with van der Waals surface area (Å²) in [6.45, 7) is 9.27. The molecule has 0 aliphatic carbocycles. The van der Waals surface area contributed by atoms with E-state index in [1.165, 1.54) is 0 Å². The smallest absolute Gasteiger partial charge is 0.410 e. The lowest BCUT2D eigenvalue weighted by Gasteiger charge is -2.30. The van der Waals surface area contributed by atoms with Gasteiger partial charge in [0.15, 0.2) is 9.84 Å². The van der Waals surface area contributed by atoms with Gasteiger partial charge in [-0.2, -0.15) is 0 Å². The third-order valence-corrected chi connectivity index (χ3v) is 6.43. The monoisotopic (exact) mass is 368 g/mol. The van der Waals surface area contributed by atoms with E-state index in [9.17, 15) is 13.2 Å². The first-order valence-corrected chi connectivity index (χ1v) is 10.1. The van der Waals surface area contributed by atoms with Gasteiger partial charge in [0.2, 0.25) is 0 Å². The molecule has 0 spiro atoms. The molecule has 1 aliphatic rings. The molecule has 1 fully saturated rings. The van der Waals surface area contributed by atoms with E-state index < -0.39 is 26.8 Å². The topological polar surface area (TPSA) is 89.7 Å². The molecule has 7 heteroatoms. The number of carbonyl (C=O) groups is 1. The zero-order valence-corrected chi connectivity index (χ0v) is 16.4. The first kappa shape index (κ1) is 19.6. The van der Waals surface area contributed by atoms with Gasteiger partial charge in [0, 0.05) is 12.2 Å². The maximum absolute atomic E-state index is 12.8. The molecule has 1 aromatic carbocycles. The molecule has 6 nitrogen and oxygen atoms in total. The molecule has 1 aromatic rings. The minimum absolute atomic E-state index is 0.247. The largest absolute Gasteiger partial charge is 0.444 e. The molecule has 1 heterocycles. The number of hydrogen-bond donors (Lipinski definition) is 1. The summed E-state index contributed by atoms with van der Waals surface area (Å²) >= 11 is 0. The van der Waals surface area contributed by atoms with Crippen molar-refractivity contribution >= 4 is 21.6 Å². The zero-order valence-electron chi connectivity index (χ0n) is 15.6. The number of nitrogen functional groups attached to an aromatic ring is 1. The lowest BCUT2D eigenvalue weighted by molar-refractivity contribution is 0.0222. The number of sulfone groups is 1. The van der Waals surface area contributed by atoms with Crippen molar-refractivity contribution < 1.29 is 17.9 Å². The van der Waals surface area contributed by atoms with E-state index in [1.807, 2.05) is 20.8 Å². The number of hydrogen-bond acceptors (Lipinski definition) is 5. The number of rotatable bonds is 3. The Morgan fingerprint density at radius 2 is 1.96 bits per heavy atom. The Balaban J connectivity index is 2.46. The predicted molar refractivity (Wildman–Crippen MR) is 98.1 cm³/mol. The maximum Gasteiger partial charge on any atom is 0.410 e. The lowest BCUT2D eigenvalue weighted by atomic mass is 10.0. The molecule has 0 saturated carbocycles. The number of likely N-dealkylation sites (tertiary alicyclic amines) is 1. The fraction of sp³-hybridized carbons (Fsp3) is 0.611. The number of nitrogens with zero attached hydrogens (tertiary/aromatic N) is 1. The molecule has 1 aliphatic heterocycles. The summed E-state index contributed by atoms with van der Waals surface area (Å²) in [7, 11) is -3.48. The second-order valence-corrected chi connectivity index (χ2v) is 10.2. The van der Waals surface area contributed by atoms with Crippen LogP contribution in [0.2, 0.25) is 0 Å². The molecule has 0 radical (unpaired) electrons. The predicted octanol–water partition coefficient (Wildman–Crippen LogP) is 3.52. The first-order valence-electron chi connectivity index (χ1n) is 8.56. The summed E-state index contributed by atoms with van der Waals surface area (Å²) in [5, 5.41) is -0.550. The number of carbonyl (C=O) groups excluding carboxylic acids is 1. The summed E-state index contributed by atoms with van der Waals surface area (Å²) in [6.07, 6.45) is 1.05. The molecule has 1 atom stereocenters. The third-order valence-electron chi connectivity index (χ3n) is 4.20. The van der Waals surface area contributed by atoms with E-state index in [2.05, 4.69) is 0 Å². The van der Waals surface area contributed by atoms with E-state index in [4.69, 9.17) is 10.5 Å². The highest BCUT2D eigenvalue weighted by molar-refractivity contribution is 7.92. The Kier molecular flexibility index (Phi) is 5.37. The van der Waals surface area contributed by atoms with Crippen LogP contribution in [0, 0.1) is 0 Å². The van der Waals surface area contributed by atoms with Gasteiger partial charge in [-0.1, -0.05) is 0 Å². The van der Waals surface area contributed by atoms with Gasteiger partial charge in [-0.05, 0) is 71.2 Å². The van der Waals surface area contributed by atoms with Gasteiger partial charge >= 0.3 is 6.09 Å². The molecule has 1 amide bonds. The third kappa shape index (κ3) is 4.26. The van der Waals surface area contributed by atoms with Crippen molar-refractivity contribution in [2.75, 3.05) is 12.3 Å². The first-order chi connectivity index (χ1) is 11.4. The number of benzene rings is 1. The van der Waals surface area contributed by atoms with E-state index in [1.54, 1.807) is 36.9 Å². The molecular weight excluding hydrogens is 340 g/mol. The Hall–Kier alpha value is -1.76. The van der Waals surface area contributed by atoms with Crippen LogP contribution in [-0.4, -0.2) is 36.8 Å². The van der Waals surface area contributed by atoms with Crippen LogP contribution in [0.5, 0.6) is 0 Å². The van der Waals surface area contributed by atoms with Crippen molar-refractivity contribution in [2.24, 2.45) is 0 Å². The average molecular weight is 368 g/mol. The van der Waals surface area contributed by atoms with Gasteiger partial charge in [0.1, 0.15) is 5.60 Å². The molecule has 1 saturated heterocycles. The Morgan fingerprint density at radius 3 is 2.52 bits per heavy atom. The van der Waals surface area contributed by atoms with Crippen molar-refractivity contribution in [1.29, 1.82) is 0 Å². The Labute approximate surface area is 150 Å². The highest BCUT2D eigenvalue weighted by atomic mass is 32.2. The highest BCUT2D eigenvalue weighted by Crippen LogP contribution is 2.38. The summed E-state index contributed by atoms with van der Waals surface area (Å²) in [4.78, 5) is 14.4. The number of amides is 1. The fourth-order valence-electron chi connectivity index (χ4n) is 2.97. The van der Waals surface area contributed by atoms with Crippen molar-refractivity contribution in [3.63, 3.8) is 0 Å². The van der Waals surface area contributed by atoms with Gasteiger partial charge in [0.25, 0.3) is 0 Å². The average Bonchev–Trinajstić information content (AvgIpc) is 2.94. The molecule has 25 heavy (non-hydrogen) atoms. The Bertz CT molecular complexity index is 751. The standard InChI is InChI=1S/C18H28N2O4S/c1-12(2)25(22,23)16-9-8-13(19)11-14(16)15-7-6-10-20(15)17(21)24-18(3,4)5/h8-9,11-12,15H,6-7,10,19H2,1-5H3/t15-/m0/s1. The second kappa shape index (κ2) is 6.86. The minimum atomic E-state index is -3.48. The number of ether oxygens (including phenoxy) is 1. The molecule has 0 bridgehead atoms. The van der Waals surface area contributed by atoms with Crippen LogP contribution < -0.4 is 5.73 Å². The van der Waals surface area contributed by atoms with Crippen molar-refractivity contribution in [3.8, 4) is 0 Å². The molecule has 2 N–H and O–H groups in total. The van der Waals surface area contributed by atoms with Crippen LogP contribution in [0.3, 0.4) is 0 Å². The van der Waals surface area contributed by atoms with Crippen LogP contribution >= 0.6 is 0 Å². The molecule has 0 aromatic heterocycles. The van der Waals surface area contributed by atoms with Crippen LogP contribution in [-0.2, 0) is 14.6 Å².